The molecule has 1 heterocycles. The van der Waals surface area contributed by atoms with Crippen LogP contribution in [0.1, 0.15) is 51.1 Å². The summed E-state index contributed by atoms with van der Waals surface area (Å²) in [7, 11) is 0. The maximum Gasteiger partial charge on any atom is 0.161 e. The summed E-state index contributed by atoms with van der Waals surface area (Å²) in [6.07, 6.45) is 5.40. The highest BCUT2D eigenvalue weighted by Gasteiger charge is 2.23. The molecule has 3 rings (SSSR count). The van der Waals surface area contributed by atoms with E-state index in [1.165, 1.54) is 31.2 Å². The fourth-order valence-electron chi connectivity index (χ4n) is 3.31. The van der Waals surface area contributed by atoms with Gasteiger partial charge in [0.1, 0.15) is 13.2 Å². The lowest BCUT2D eigenvalue weighted by atomic mass is 9.85. The molecular formula is C17H25NO2. The van der Waals surface area contributed by atoms with Gasteiger partial charge < -0.3 is 14.8 Å². The van der Waals surface area contributed by atoms with E-state index in [4.69, 9.17) is 9.47 Å². The number of benzene rings is 1. The van der Waals surface area contributed by atoms with E-state index in [0.29, 0.717) is 25.3 Å². The standard InChI is InChI=1S/C17H25NO2/c1-12-5-3-4-6-15(12)18-13(2)14-7-8-16-17(11-14)20-10-9-19-16/h7-8,11-13,15,18H,3-6,9-10H2,1-2H3. The molecular weight excluding hydrogens is 250 g/mol. The lowest BCUT2D eigenvalue weighted by molar-refractivity contribution is 0.171. The smallest absolute Gasteiger partial charge is 0.161 e. The molecule has 20 heavy (non-hydrogen) atoms. The second kappa shape index (κ2) is 6.04. The van der Waals surface area contributed by atoms with Gasteiger partial charge in [0.05, 0.1) is 0 Å². The van der Waals surface area contributed by atoms with Gasteiger partial charge in [0.2, 0.25) is 0 Å². The number of nitrogens with one attached hydrogen (secondary N) is 1. The van der Waals surface area contributed by atoms with Gasteiger partial charge in [-0.25, -0.2) is 0 Å². The number of hydrogen-bond donors (Lipinski definition) is 1. The molecule has 1 saturated carbocycles. The first kappa shape index (κ1) is 13.7. The normalized spacial score (nSPS) is 27.1. The highest BCUT2D eigenvalue weighted by Crippen LogP contribution is 2.33. The Morgan fingerprint density at radius 3 is 2.65 bits per heavy atom. The first-order valence-corrected chi connectivity index (χ1v) is 7.89. The van der Waals surface area contributed by atoms with Gasteiger partial charge in [-0.05, 0) is 43.4 Å². The molecule has 1 aliphatic carbocycles. The van der Waals surface area contributed by atoms with E-state index in [0.717, 1.165) is 17.4 Å². The minimum Gasteiger partial charge on any atom is -0.486 e. The number of rotatable bonds is 3. The van der Waals surface area contributed by atoms with Gasteiger partial charge in [0.25, 0.3) is 0 Å². The summed E-state index contributed by atoms with van der Waals surface area (Å²) < 4.78 is 11.3. The Hall–Kier alpha value is -1.22. The van der Waals surface area contributed by atoms with Crippen LogP contribution in [0.5, 0.6) is 11.5 Å². The monoisotopic (exact) mass is 275 g/mol. The van der Waals surface area contributed by atoms with Crippen LogP contribution < -0.4 is 14.8 Å². The summed E-state index contributed by atoms with van der Waals surface area (Å²) in [5.41, 5.74) is 1.28. The highest BCUT2D eigenvalue weighted by atomic mass is 16.6. The molecule has 3 nitrogen and oxygen atoms in total. The van der Waals surface area contributed by atoms with Crippen LogP contribution in [0.3, 0.4) is 0 Å². The van der Waals surface area contributed by atoms with Crippen LogP contribution in [0, 0.1) is 5.92 Å². The van der Waals surface area contributed by atoms with Gasteiger partial charge in [-0.15, -0.1) is 0 Å². The van der Waals surface area contributed by atoms with Gasteiger partial charge in [0.15, 0.2) is 11.5 Å². The number of hydrogen-bond acceptors (Lipinski definition) is 3. The molecule has 3 unspecified atom stereocenters. The van der Waals surface area contributed by atoms with Crippen LogP contribution in [0.4, 0.5) is 0 Å². The fourth-order valence-corrected chi connectivity index (χ4v) is 3.31. The third kappa shape index (κ3) is 2.93. The Morgan fingerprint density at radius 2 is 1.85 bits per heavy atom. The molecule has 3 atom stereocenters. The van der Waals surface area contributed by atoms with Crippen LogP contribution in [0.15, 0.2) is 18.2 Å². The molecule has 1 aliphatic heterocycles. The second-order valence-corrected chi connectivity index (χ2v) is 6.16. The highest BCUT2D eigenvalue weighted by molar-refractivity contribution is 5.44. The molecule has 0 spiro atoms. The van der Waals surface area contributed by atoms with Gasteiger partial charge >= 0.3 is 0 Å². The average molecular weight is 275 g/mol. The fraction of sp³-hybridized carbons (Fsp3) is 0.647. The van der Waals surface area contributed by atoms with E-state index in [9.17, 15) is 0 Å². The van der Waals surface area contributed by atoms with Crippen molar-refractivity contribution in [3.63, 3.8) is 0 Å². The third-order valence-corrected chi connectivity index (χ3v) is 4.64. The molecule has 0 saturated heterocycles. The van der Waals surface area contributed by atoms with E-state index >= 15 is 0 Å². The lowest BCUT2D eigenvalue weighted by Gasteiger charge is -2.32. The third-order valence-electron chi connectivity index (χ3n) is 4.64. The quantitative estimate of drug-likeness (QED) is 0.912. The van der Waals surface area contributed by atoms with Crippen molar-refractivity contribution >= 4 is 0 Å². The molecule has 0 aromatic heterocycles. The zero-order chi connectivity index (χ0) is 13.9. The Kier molecular flexibility index (Phi) is 4.16. The zero-order valence-electron chi connectivity index (χ0n) is 12.5. The molecule has 2 aliphatic rings. The van der Waals surface area contributed by atoms with E-state index in [1.54, 1.807) is 0 Å². The van der Waals surface area contributed by atoms with Crippen molar-refractivity contribution in [3.05, 3.63) is 23.8 Å². The molecule has 3 heteroatoms. The largest absolute Gasteiger partial charge is 0.486 e. The van der Waals surface area contributed by atoms with Crippen molar-refractivity contribution in [1.82, 2.24) is 5.32 Å². The molecule has 1 aromatic carbocycles. The summed E-state index contributed by atoms with van der Waals surface area (Å²) in [5, 5.41) is 3.80. The molecule has 0 radical (unpaired) electrons. The molecule has 110 valence electrons. The van der Waals surface area contributed by atoms with Crippen LogP contribution >= 0.6 is 0 Å². The summed E-state index contributed by atoms with van der Waals surface area (Å²) in [4.78, 5) is 0. The Labute approximate surface area is 121 Å². The first-order chi connectivity index (χ1) is 9.74. The SMILES string of the molecule is CC(NC1CCCCC1C)c1ccc2c(c1)OCCO2. The van der Waals surface area contributed by atoms with E-state index in [2.05, 4.69) is 31.3 Å². The van der Waals surface area contributed by atoms with Crippen molar-refractivity contribution < 1.29 is 9.47 Å². The van der Waals surface area contributed by atoms with Gasteiger partial charge in [-0.2, -0.15) is 0 Å². The van der Waals surface area contributed by atoms with Gasteiger partial charge in [-0.3, -0.25) is 0 Å². The summed E-state index contributed by atoms with van der Waals surface area (Å²) in [6, 6.07) is 7.31. The summed E-state index contributed by atoms with van der Waals surface area (Å²) in [5.74, 6) is 2.54. The maximum absolute atomic E-state index is 5.67. The summed E-state index contributed by atoms with van der Waals surface area (Å²) >= 11 is 0. The Bertz CT molecular complexity index is 460. The van der Waals surface area contributed by atoms with Crippen molar-refractivity contribution in [2.75, 3.05) is 13.2 Å². The lowest BCUT2D eigenvalue weighted by Crippen LogP contribution is -2.38. The van der Waals surface area contributed by atoms with Crippen LogP contribution in [-0.4, -0.2) is 19.3 Å². The predicted octanol–water partition coefficient (Wildman–Crippen LogP) is 3.69. The topological polar surface area (TPSA) is 30.5 Å². The van der Waals surface area contributed by atoms with Crippen molar-refractivity contribution in [2.45, 2.75) is 51.6 Å². The molecule has 1 aromatic rings. The van der Waals surface area contributed by atoms with Gasteiger partial charge in [0, 0.05) is 12.1 Å². The van der Waals surface area contributed by atoms with Crippen molar-refractivity contribution in [1.29, 1.82) is 0 Å². The molecule has 1 N–H and O–H groups in total. The minimum absolute atomic E-state index is 0.358. The van der Waals surface area contributed by atoms with Crippen molar-refractivity contribution in [3.8, 4) is 11.5 Å². The zero-order valence-corrected chi connectivity index (χ0v) is 12.5. The minimum atomic E-state index is 0.358. The van der Waals surface area contributed by atoms with Crippen LogP contribution in [0.2, 0.25) is 0 Å². The molecule has 0 bridgehead atoms. The molecule has 0 amide bonds. The summed E-state index contributed by atoms with van der Waals surface area (Å²) in [6.45, 7) is 5.91. The second-order valence-electron chi connectivity index (χ2n) is 6.16. The molecule has 1 fully saturated rings. The average Bonchev–Trinajstić information content (AvgIpc) is 2.49. The first-order valence-electron chi connectivity index (χ1n) is 7.89. The Morgan fingerprint density at radius 1 is 1.10 bits per heavy atom. The Balaban J connectivity index is 1.68. The van der Waals surface area contributed by atoms with E-state index in [-0.39, 0.29) is 0 Å². The predicted molar refractivity (Wildman–Crippen MR) is 80.4 cm³/mol. The van der Waals surface area contributed by atoms with Crippen molar-refractivity contribution in [2.24, 2.45) is 5.92 Å². The van der Waals surface area contributed by atoms with E-state index < -0.39 is 0 Å². The maximum atomic E-state index is 5.67. The van der Waals surface area contributed by atoms with Crippen LogP contribution in [-0.2, 0) is 0 Å². The van der Waals surface area contributed by atoms with Crippen LogP contribution in [0.25, 0.3) is 0 Å². The van der Waals surface area contributed by atoms with E-state index in [1.807, 2.05) is 6.07 Å². The number of ether oxygens (including phenoxy) is 2. The van der Waals surface area contributed by atoms with Gasteiger partial charge in [-0.1, -0.05) is 25.8 Å². The number of fused-ring (bicyclic) bond motifs is 1.